The molecule has 0 aliphatic heterocycles. The van der Waals surface area contributed by atoms with Crippen molar-refractivity contribution in [2.75, 3.05) is 35.5 Å². The van der Waals surface area contributed by atoms with Crippen molar-refractivity contribution in [2.24, 2.45) is 5.92 Å². The summed E-state index contributed by atoms with van der Waals surface area (Å²) in [5.41, 5.74) is 0.817. The van der Waals surface area contributed by atoms with Crippen LogP contribution in [0.1, 0.15) is 5.56 Å². The van der Waals surface area contributed by atoms with E-state index in [0.717, 1.165) is 5.56 Å². The predicted octanol–water partition coefficient (Wildman–Crippen LogP) is 2.99. The molecule has 0 saturated carbocycles. The molecule has 0 fully saturated rings. The predicted molar refractivity (Wildman–Crippen MR) is 98.1 cm³/mol. The lowest BCUT2D eigenvalue weighted by molar-refractivity contribution is -0.121. The van der Waals surface area contributed by atoms with E-state index in [4.69, 9.17) is 23.7 Å². The summed E-state index contributed by atoms with van der Waals surface area (Å²) < 4.78 is 26.5. The first kappa shape index (κ1) is 19.6. The third-order valence-electron chi connectivity index (χ3n) is 4.15. The Morgan fingerprint density at radius 3 is 2.27 bits per heavy atom. The molecule has 0 N–H and O–H groups in total. The molecule has 2 unspecified atom stereocenters. The number of ether oxygens (including phenoxy) is 5. The highest BCUT2D eigenvalue weighted by atomic mass is 16.5. The van der Waals surface area contributed by atoms with Crippen LogP contribution in [-0.2, 0) is 19.0 Å². The maximum absolute atomic E-state index is 12.8. The average Bonchev–Trinajstić information content (AvgIpc) is 2.70. The molecule has 2 atom stereocenters. The lowest BCUT2D eigenvalue weighted by atomic mass is 9.90. The summed E-state index contributed by atoms with van der Waals surface area (Å²) in [6, 6.07) is 5.43. The van der Waals surface area contributed by atoms with E-state index in [1.165, 1.54) is 13.2 Å². The molecule has 0 radical (unpaired) electrons. The van der Waals surface area contributed by atoms with E-state index in [1.807, 2.05) is 6.07 Å². The van der Waals surface area contributed by atoms with Gasteiger partial charge in [0.2, 0.25) is 0 Å². The van der Waals surface area contributed by atoms with E-state index in [-0.39, 0.29) is 5.78 Å². The highest BCUT2D eigenvalue weighted by molar-refractivity contribution is 5.97. The van der Waals surface area contributed by atoms with E-state index in [0.29, 0.717) is 23.0 Å². The zero-order valence-corrected chi connectivity index (χ0v) is 15.6. The molecular formula is C20H24O6. The van der Waals surface area contributed by atoms with E-state index in [2.05, 4.69) is 0 Å². The molecular weight excluding hydrogens is 336 g/mol. The molecule has 140 valence electrons. The van der Waals surface area contributed by atoms with Crippen molar-refractivity contribution in [3.05, 3.63) is 53.5 Å². The van der Waals surface area contributed by atoms with Crippen LogP contribution >= 0.6 is 0 Å². The first-order valence-corrected chi connectivity index (χ1v) is 8.06. The van der Waals surface area contributed by atoms with Crippen molar-refractivity contribution in [2.45, 2.75) is 6.10 Å². The number of carbonyl (C=O) groups excluding carboxylic acids is 1. The van der Waals surface area contributed by atoms with Crippen LogP contribution in [0, 0.1) is 5.92 Å². The van der Waals surface area contributed by atoms with Gasteiger partial charge in [0.15, 0.2) is 17.3 Å². The fraction of sp³-hybridized carbons (Fsp3) is 0.350. The number of allylic oxidation sites excluding steroid dienone is 2. The van der Waals surface area contributed by atoms with Gasteiger partial charge in [0, 0.05) is 13.2 Å². The summed E-state index contributed by atoms with van der Waals surface area (Å²) in [6.45, 7) is 0. The van der Waals surface area contributed by atoms with Gasteiger partial charge in [0.1, 0.15) is 17.4 Å². The zero-order valence-electron chi connectivity index (χ0n) is 15.6. The Balaban J connectivity index is 2.24. The maximum Gasteiger partial charge on any atom is 0.169 e. The lowest BCUT2D eigenvalue weighted by Crippen LogP contribution is -2.32. The number of rotatable bonds is 8. The smallest absolute Gasteiger partial charge is 0.169 e. The van der Waals surface area contributed by atoms with Crippen LogP contribution in [0.3, 0.4) is 0 Å². The summed E-state index contributed by atoms with van der Waals surface area (Å²) in [6.07, 6.45) is 6.22. The minimum Gasteiger partial charge on any atom is -0.500 e. The van der Waals surface area contributed by atoms with Gasteiger partial charge in [0.25, 0.3) is 0 Å². The molecule has 0 amide bonds. The molecule has 1 aromatic carbocycles. The Bertz CT molecular complexity index is 732. The number of benzene rings is 1. The molecule has 6 nitrogen and oxygen atoms in total. The van der Waals surface area contributed by atoms with Crippen molar-refractivity contribution in [1.82, 2.24) is 0 Å². The van der Waals surface area contributed by atoms with Gasteiger partial charge in [-0.15, -0.1) is 0 Å². The Morgan fingerprint density at radius 2 is 1.69 bits per heavy atom. The zero-order chi connectivity index (χ0) is 19.1. The van der Waals surface area contributed by atoms with Crippen molar-refractivity contribution < 1.29 is 28.5 Å². The minimum absolute atomic E-state index is 0.133. The average molecular weight is 360 g/mol. The minimum atomic E-state index is -0.569. The summed E-state index contributed by atoms with van der Waals surface area (Å²) in [5, 5.41) is 0. The normalized spacial score (nSPS) is 19.6. The van der Waals surface area contributed by atoms with Crippen molar-refractivity contribution in [3.8, 4) is 11.5 Å². The SMILES string of the molecule is COC1=CC(OC)C(C(=O)/C=C/c2ccc(OC)c(OC)c2)C(OC)=C1. The van der Waals surface area contributed by atoms with Gasteiger partial charge in [0.05, 0.1) is 34.5 Å². The third kappa shape index (κ3) is 4.26. The van der Waals surface area contributed by atoms with Crippen LogP contribution in [0.2, 0.25) is 0 Å². The molecule has 2 rings (SSSR count). The number of methoxy groups -OCH3 is 5. The number of ketones is 1. The van der Waals surface area contributed by atoms with Gasteiger partial charge < -0.3 is 23.7 Å². The number of hydrogen-bond acceptors (Lipinski definition) is 6. The number of carbonyl (C=O) groups is 1. The summed E-state index contributed by atoms with van der Waals surface area (Å²) in [7, 11) is 7.77. The van der Waals surface area contributed by atoms with Gasteiger partial charge in [-0.2, -0.15) is 0 Å². The van der Waals surface area contributed by atoms with Crippen LogP contribution in [0.5, 0.6) is 11.5 Å². The van der Waals surface area contributed by atoms with Gasteiger partial charge in [-0.25, -0.2) is 0 Å². The van der Waals surface area contributed by atoms with Crippen LogP contribution in [0.15, 0.2) is 47.9 Å². The van der Waals surface area contributed by atoms with Crippen LogP contribution in [0.25, 0.3) is 6.08 Å². The molecule has 0 spiro atoms. The quantitative estimate of drug-likeness (QED) is 0.664. The van der Waals surface area contributed by atoms with Crippen LogP contribution in [0.4, 0.5) is 0 Å². The van der Waals surface area contributed by atoms with Gasteiger partial charge in [-0.3, -0.25) is 4.79 Å². The summed E-state index contributed by atoms with van der Waals surface area (Å²) in [4.78, 5) is 12.8. The molecule has 1 aliphatic carbocycles. The molecule has 0 aromatic heterocycles. The molecule has 0 bridgehead atoms. The molecule has 1 aliphatic rings. The standard InChI is InChI=1S/C20H24O6/c1-22-14-11-18(25-4)20(19(12-14)26-5)15(21)8-6-13-7-9-16(23-2)17(10-13)24-3/h6-12,18,20H,1-5H3/b8-6+. The Morgan fingerprint density at radius 1 is 0.962 bits per heavy atom. The molecule has 26 heavy (non-hydrogen) atoms. The molecule has 0 heterocycles. The summed E-state index contributed by atoms with van der Waals surface area (Å²) in [5.74, 6) is 1.62. The van der Waals surface area contributed by atoms with E-state index >= 15 is 0 Å². The Labute approximate surface area is 153 Å². The van der Waals surface area contributed by atoms with Crippen molar-refractivity contribution in [3.63, 3.8) is 0 Å². The van der Waals surface area contributed by atoms with Crippen LogP contribution in [-0.4, -0.2) is 47.4 Å². The third-order valence-corrected chi connectivity index (χ3v) is 4.15. The highest BCUT2D eigenvalue weighted by Crippen LogP contribution is 2.30. The van der Waals surface area contributed by atoms with Crippen LogP contribution < -0.4 is 9.47 Å². The molecule has 1 aromatic rings. The second kappa shape index (κ2) is 9.10. The fourth-order valence-corrected chi connectivity index (χ4v) is 2.76. The Hall–Kier alpha value is -2.73. The van der Waals surface area contributed by atoms with E-state index in [1.54, 1.807) is 58.8 Å². The first-order valence-electron chi connectivity index (χ1n) is 8.06. The molecule has 0 saturated heterocycles. The summed E-state index contributed by atoms with van der Waals surface area (Å²) >= 11 is 0. The second-order valence-corrected chi connectivity index (χ2v) is 5.55. The van der Waals surface area contributed by atoms with Crippen molar-refractivity contribution in [1.29, 1.82) is 0 Å². The van der Waals surface area contributed by atoms with E-state index < -0.39 is 12.0 Å². The largest absolute Gasteiger partial charge is 0.500 e. The monoisotopic (exact) mass is 360 g/mol. The van der Waals surface area contributed by atoms with Crippen molar-refractivity contribution >= 4 is 11.9 Å². The first-order chi connectivity index (χ1) is 12.6. The number of hydrogen-bond donors (Lipinski definition) is 0. The van der Waals surface area contributed by atoms with E-state index in [9.17, 15) is 4.79 Å². The van der Waals surface area contributed by atoms with Gasteiger partial charge >= 0.3 is 0 Å². The molecule has 6 heteroatoms. The topological polar surface area (TPSA) is 63.2 Å². The highest BCUT2D eigenvalue weighted by Gasteiger charge is 2.33. The maximum atomic E-state index is 12.8. The second-order valence-electron chi connectivity index (χ2n) is 5.55. The Kier molecular flexibility index (Phi) is 6.86. The fourth-order valence-electron chi connectivity index (χ4n) is 2.76. The van der Waals surface area contributed by atoms with Gasteiger partial charge in [-0.05, 0) is 29.8 Å². The van der Waals surface area contributed by atoms with Gasteiger partial charge in [-0.1, -0.05) is 12.1 Å². The lowest BCUT2D eigenvalue weighted by Gasteiger charge is -2.27.